The zero-order valence-electron chi connectivity index (χ0n) is 10.8. The molecule has 0 saturated heterocycles. The highest BCUT2D eigenvalue weighted by Crippen LogP contribution is 2.34. The molecule has 0 bridgehead atoms. The number of nitrogens with two attached hydrogens (primary N) is 1. The lowest BCUT2D eigenvalue weighted by Gasteiger charge is -2.34. The van der Waals surface area contributed by atoms with Gasteiger partial charge in [-0.2, -0.15) is 0 Å². The maximum atomic E-state index is 6.36. The van der Waals surface area contributed by atoms with Gasteiger partial charge in [-0.25, -0.2) is 0 Å². The molecule has 1 aliphatic rings. The van der Waals surface area contributed by atoms with E-state index in [0.717, 1.165) is 17.8 Å². The van der Waals surface area contributed by atoms with Gasteiger partial charge in [0.05, 0.1) is 0 Å². The molecule has 0 aliphatic heterocycles. The monoisotopic (exact) mass is 211 g/mol. The van der Waals surface area contributed by atoms with Crippen LogP contribution in [-0.2, 0) is 0 Å². The van der Waals surface area contributed by atoms with Crippen molar-refractivity contribution >= 4 is 0 Å². The Morgan fingerprint density at radius 1 is 1.13 bits per heavy atom. The van der Waals surface area contributed by atoms with Crippen LogP contribution < -0.4 is 5.73 Å². The molecule has 2 atom stereocenters. The van der Waals surface area contributed by atoms with Crippen LogP contribution in [0.2, 0.25) is 0 Å². The molecule has 0 aromatic heterocycles. The van der Waals surface area contributed by atoms with E-state index in [4.69, 9.17) is 5.73 Å². The van der Waals surface area contributed by atoms with Gasteiger partial charge in [-0.1, -0.05) is 46.5 Å². The van der Waals surface area contributed by atoms with Crippen LogP contribution in [0, 0.1) is 17.8 Å². The lowest BCUT2D eigenvalue weighted by molar-refractivity contribution is 0.203. The van der Waals surface area contributed by atoms with Crippen molar-refractivity contribution in [2.24, 2.45) is 23.5 Å². The third kappa shape index (κ3) is 3.79. The summed E-state index contributed by atoms with van der Waals surface area (Å²) in [5.74, 6) is 2.53. The fourth-order valence-corrected chi connectivity index (χ4v) is 3.09. The minimum Gasteiger partial charge on any atom is -0.327 e. The zero-order chi connectivity index (χ0) is 11.3. The van der Waals surface area contributed by atoms with Gasteiger partial charge in [-0.15, -0.1) is 0 Å². The molecule has 0 amide bonds. The highest BCUT2D eigenvalue weighted by atomic mass is 14.7. The Kier molecular flexibility index (Phi) is 5.66. The average molecular weight is 211 g/mol. The van der Waals surface area contributed by atoms with E-state index >= 15 is 0 Å². The number of hydrogen-bond donors (Lipinski definition) is 1. The first-order valence-corrected chi connectivity index (χ1v) is 6.94. The molecule has 2 N–H and O–H groups in total. The van der Waals surface area contributed by atoms with E-state index in [1.54, 1.807) is 0 Å². The Balaban J connectivity index is 2.32. The second-order valence-electron chi connectivity index (χ2n) is 5.53. The van der Waals surface area contributed by atoms with Crippen LogP contribution in [-0.4, -0.2) is 6.04 Å². The van der Waals surface area contributed by atoms with Crippen LogP contribution in [0.4, 0.5) is 0 Å². The summed E-state index contributed by atoms with van der Waals surface area (Å²) in [5, 5.41) is 0. The van der Waals surface area contributed by atoms with Gasteiger partial charge < -0.3 is 5.73 Å². The van der Waals surface area contributed by atoms with Gasteiger partial charge in [0, 0.05) is 6.04 Å². The molecule has 90 valence electrons. The van der Waals surface area contributed by atoms with Crippen molar-refractivity contribution in [1.82, 2.24) is 0 Å². The van der Waals surface area contributed by atoms with E-state index in [9.17, 15) is 0 Å². The molecule has 15 heavy (non-hydrogen) atoms. The fraction of sp³-hybridized carbons (Fsp3) is 1.00. The van der Waals surface area contributed by atoms with Crippen LogP contribution in [0.25, 0.3) is 0 Å². The van der Waals surface area contributed by atoms with E-state index < -0.39 is 0 Å². The Morgan fingerprint density at radius 2 is 1.73 bits per heavy atom. The van der Waals surface area contributed by atoms with Gasteiger partial charge in [0.1, 0.15) is 0 Å². The smallest absolute Gasteiger partial charge is 0.00929 e. The Hall–Kier alpha value is -0.0400. The molecule has 0 aromatic carbocycles. The molecule has 1 fully saturated rings. The average Bonchev–Trinajstić information content (AvgIpc) is 2.28. The molecule has 0 radical (unpaired) electrons. The number of hydrogen-bond acceptors (Lipinski definition) is 1. The summed E-state index contributed by atoms with van der Waals surface area (Å²) in [6.45, 7) is 6.92. The molecule has 2 unspecified atom stereocenters. The van der Waals surface area contributed by atoms with Crippen molar-refractivity contribution in [1.29, 1.82) is 0 Å². The lowest BCUT2D eigenvalue weighted by Crippen LogP contribution is -2.38. The standard InChI is InChI=1S/C14H29N/c1-4-6-11(3)14(15)13-9-7-12(5-2)8-10-13/h11-14H,4-10,15H2,1-3H3. The van der Waals surface area contributed by atoms with E-state index in [0.29, 0.717) is 6.04 Å². The van der Waals surface area contributed by atoms with Crippen molar-refractivity contribution in [3.8, 4) is 0 Å². The van der Waals surface area contributed by atoms with E-state index in [-0.39, 0.29) is 0 Å². The Labute approximate surface area is 95.8 Å². The summed E-state index contributed by atoms with van der Waals surface area (Å²) < 4.78 is 0. The summed E-state index contributed by atoms with van der Waals surface area (Å²) in [6.07, 6.45) is 9.56. The predicted molar refractivity (Wildman–Crippen MR) is 67.8 cm³/mol. The third-order valence-corrected chi connectivity index (χ3v) is 4.41. The van der Waals surface area contributed by atoms with Crippen molar-refractivity contribution in [3.63, 3.8) is 0 Å². The largest absolute Gasteiger partial charge is 0.327 e. The quantitative estimate of drug-likeness (QED) is 0.731. The lowest BCUT2D eigenvalue weighted by atomic mass is 9.74. The van der Waals surface area contributed by atoms with Crippen molar-refractivity contribution in [3.05, 3.63) is 0 Å². The topological polar surface area (TPSA) is 26.0 Å². The summed E-state index contributed by atoms with van der Waals surface area (Å²) >= 11 is 0. The molecular weight excluding hydrogens is 182 g/mol. The zero-order valence-corrected chi connectivity index (χ0v) is 10.8. The van der Waals surface area contributed by atoms with Gasteiger partial charge >= 0.3 is 0 Å². The summed E-state index contributed by atoms with van der Waals surface area (Å²) in [5.41, 5.74) is 6.36. The van der Waals surface area contributed by atoms with Crippen molar-refractivity contribution in [2.45, 2.75) is 71.8 Å². The second-order valence-corrected chi connectivity index (χ2v) is 5.53. The van der Waals surface area contributed by atoms with Crippen LogP contribution in [0.5, 0.6) is 0 Å². The van der Waals surface area contributed by atoms with Crippen molar-refractivity contribution < 1.29 is 0 Å². The highest BCUT2D eigenvalue weighted by molar-refractivity contribution is 4.82. The molecule has 0 heterocycles. The molecule has 1 aliphatic carbocycles. The maximum absolute atomic E-state index is 6.36. The molecule has 1 heteroatoms. The van der Waals surface area contributed by atoms with Crippen LogP contribution in [0.3, 0.4) is 0 Å². The summed E-state index contributed by atoms with van der Waals surface area (Å²) in [6, 6.07) is 0.461. The van der Waals surface area contributed by atoms with Gasteiger partial charge in [0.15, 0.2) is 0 Å². The Morgan fingerprint density at radius 3 is 2.20 bits per heavy atom. The highest BCUT2D eigenvalue weighted by Gasteiger charge is 2.27. The first-order chi connectivity index (χ1) is 7.19. The van der Waals surface area contributed by atoms with Crippen molar-refractivity contribution in [2.75, 3.05) is 0 Å². The second kappa shape index (κ2) is 6.52. The maximum Gasteiger partial charge on any atom is 0.00929 e. The third-order valence-electron chi connectivity index (χ3n) is 4.41. The molecule has 1 rings (SSSR count). The minimum atomic E-state index is 0.461. The molecule has 0 aromatic rings. The fourth-order valence-electron chi connectivity index (χ4n) is 3.09. The molecule has 1 nitrogen and oxygen atoms in total. The minimum absolute atomic E-state index is 0.461. The SMILES string of the molecule is CCCC(C)C(N)C1CCC(CC)CC1. The summed E-state index contributed by atoms with van der Waals surface area (Å²) in [4.78, 5) is 0. The predicted octanol–water partition coefficient (Wildman–Crippen LogP) is 3.97. The van der Waals surface area contributed by atoms with Gasteiger partial charge in [-0.3, -0.25) is 0 Å². The van der Waals surface area contributed by atoms with Crippen LogP contribution >= 0.6 is 0 Å². The Bertz CT molecular complexity index is 159. The van der Waals surface area contributed by atoms with Gasteiger partial charge in [-0.05, 0) is 37.0 Å². The van der Waals surface area contributed by atoms with Crippen LogP contribution in [0.1, 0.15) is 65.7 Å². The normalized spacial score (nSPS) is 31.2. The van der Waals surface area contributed by atoms with E-state index in [1.807, 2.05) is 0 Å². The first kappa shape index (κ1) is 13.0. The summed E-state index contributed by atoms with van der Waals surface area (Å²) in [7, 11) is 0. The molecule has 1 saturated carbocycles. The van der Waals surface area contributed by atoms with Gasteiger partial charge in [0.2, 0.25) is 0 Å². The van der Waals surface area contributed by atoms with E-state index in [1.165, 1.54) is 44.9 Å². The van der Waals surface area contributed by atoms with Gasteiger partial charge in [0.25, 0.3) is 0 Å². The van der Waals surface area contributed by atoms with E-state index in [2.05, 4.69) is 20.8 Å². The number of rotatable bonds is 5. The van der Waals surface area contributed by atoms with Crippen LogP contribution in [0.15, 0.2) is 0 Å². The molecular formula is C14H29N. The molecule has 0 spiro atoms. The first-order valence-electron chi connectivity index (χ1n) is 6.94.